The highest BCUT2D eigenvalue weighted by Crippen LogP contribution is 2.21. The van der Waals surface area contributed by atoms with Gasteiger partial charge in [-0.2, -0.15) is 0 Å². The molecule has 2 atom stereocenters. The zero-order valence-electron chi connectivity index (χ0n) is 10.8. The fraction of sp³-hybridized carbons (Fsp3) is 0.400. The molecule has 2 N–H and O–H groups in total. The van der Waals surface area contributed by atoms with E-state index in [1.54, 1.807) is 0 Å². The molecule has 0 aliphatic carbocycles. The summed E-state index contributed by atoms with van der Waals surface area (Å²) in [4.78, 5) is 5.50. The smallest absolute Gasteiger partial charge is 0.0270 e. The third kappa shape index (κ3) is 3.65. The summed E-state index contributed by atoms with van der Waals surface area (Å²) in [6, 6.07) is 8.66. The summed E-state index contributed by atoms with van der Waals surface area (Å²) in [7, 11) is 0. The first-order valence-corrected chi connectivity index (χ1v) is 7.33. The van der Waals surface area contributed by atoms with E-state index >= 15 is 0 Å². The van der Waals surface area contributed by atoms with E-state index in [0.29, 0.717) is 5.92 Å². The zero-order valence-corrected chi connectivity index (χ0v) is 11.6. The molecule has 2 nitrogen and oxygen atoms in total. The van der Waals surface area contributed by atoms with Gasteiger partial charge in [0.25, 0.3) is 0 Å². The third-order valence-electron chi connectivity index (χ3n) is 3.41. The van der Waals surface area contributed by atoms with Crippen LogP contribution in [-0.4, -0.2) is 11.0 Å². The number of hydrogen-bond acceptors (Lipinski definition) is 3. The Labute approximate surface area is 113 Å². The molecule has 0 radical (unpaired) electrons. The zero-order chi connectivity index (χ0) is 12.8. The number of nitrogens with two attached hydrogens (primary N) is 1. The summed E-state index contributed by atoms with van der Waals surface area (Å²) < 4.78 is 0. The minimum atomic E-state index is 0.229. The van der Waals surface area contributed by atoms with E-state index < -0.39 is 0 Å². The number of pyridine rings is 1. The molecular formula is C15H20N2S. The summed E-state index contributed by atoms with van der Waals surface area (Å²) in [6.07, 6.45) is 7.06. The molecule has 0 aliphatic rings. The molecule has 18 heavy (non-hydrogen) atoms. The van der Waals surface area contributed by atoms with Gasteiger partial charge in [-0.3, -0.25) is 4.98 Å². The standard InChI is InChI=1S/C15H20N2S/c1-12(13-7-9-17-10-8-13)15(16)6-2-4-14-5-3-11-18-14/h3,5,7-12,15H,2,4,6,16H2,1H3. The minimum Gasteiger partial charge on any atom is -0.327 e. The van der Waals surface area contributed by atoms with Crippen LogP contribution >= 0.6 is 11.3 Å². The van der Waals surface area contributed by atoms with Crippen LogP contribution in [0.2, 0.25) is 0 Å². The summed E-state index contributed by atoms with van der Waals surface area (Å²) >= 11 is 1.83. The van der Waals surface area contributed by atoms with Crippen LogP contribution in [0, 0.1) is 0 Å². The van der Waals surface area contributed by atoms with Crippen LogP contribution in [0.5, 0.6) is 0 Å². The lowest BCUT2D eigenvalue weighted by Crippen LogP contribution is -2.26. The highest BCUT2D eigenvalue weighted by Gasteiger charge is 2.14. The van der Waals surface area contributed by atoms with Crippen LogP contribution in [-0.2, 0) is 6.42 Å². The van der Waals surface area contributed by atoms with Crippen molar-refractivity contribution in [2.45, 2.75) is 38.1 Å². The Morgan fingerprint density at radius 2 is 2.06 bits per heavy atom. The number of hydrogen-bond donors (Lipinski definition) is 1. The highest BCUT2D eigenvalue weighted by molar-refractivity contribution is 7.09. The molecule has 0 saturated heterocycles. The van der Waals surface area contributed by atoms with Gasteiger partial charge in [0.15, 0.2) is 0 Å². The lowest BCUT2D eigenvalue weighted by atomic mass is 9.91. The Kier molecular flexibility index (Phi) is 4.90. The van der Waals surface area contributed by atoms with E-state index in [9.17, 15) is 0 Å². The van der Waals surface area contributed by atoms with E-state index in [2.05, 4.69) is 41.6 Å². The van der Waals surface area contributed by atoms with Crippen LogP contribution < -0.4 is 5.73 Å². The maximum atomic E-state index is 6.27. The lowest BCUT2D eigenvalue weighted by molar-refractivity contribution is 0.511. The monoisotopic (exact) mass is 260 g/mol. The summed E-state index contributed by atoms with van der Waals surface area (Å²) in [5.41, 5.74) is 7.56. The van der Waals surface area contributed by atoms with Crippen LogP contribution in [0.15, 0.2) is 42.0 Å². The topological polar surface area (TPSA) is 38.9 Å². The fourth-order valence-electron chi connectivity index (χ4n) is 2.13. The van der Waals surface area contributed by atoms with Crippen LogP contribution in [0.4, 0.5) is 0 Å². The number of nitrogens with zero attached hydrogens (tertiary/aromatic N) is 1. The van der Waals surface area contributed by atoms with E-state index in [0.717, 1.165) is 19.3 Å². The number of thiophene rings is 1. The van der Waals surface area contributed by atoms with Crippen LogP contribution in [0.1, 0.15) is 36.1 Å². The van der Waals surface area contributed by atoms with Gasteiger partial charge in [0.1, 0.15) is 0 Å². The van der Waals surface area contributed by atoms with Crippen LogP contribution in [0.25, 0.3) is 0 Å². The lowest BCUT2D eigenvalue weighted by Gasteiger charge is -2.20. The Morgan fingerprint density at radius 1 is 1.28 bits per heavy atom. The molecule has 96 valence electrons. The maximum absolute atomic E-state index is 6.27. The Balaban J connectivity index is 1.79. The largest absolute Gasteiger partial charge is 0.327 e. The van der Waals surface area contributed by atoms with E-state index in [4.69, 9.17) is 5.73 Å². The first kappa shape index (κ1) is 13.2. The molecule has 3 heteroatoms. The first-order valence-electron chi connectivity index (χ1n) is 6.45. The SMILES string of the molecule is CC(c1ccncc1)C(N)CCCc1cccs1. The summed E-state index contributed by atoms with van der Waals surface area (Å²) in [6.45, 7) is 2.20. The van der Waals surface area contributed by atoms with E-state index in [1.807, 2.05) is 23.7 Å². The van der Waals surface area contributed by atoms with Crippen molar-refractivity contribution in [3.05, 3.63) is 52.5 Å². The molecule has 0 aliphatic heterocycles. The second-order valence-electron chi connectivity index (χ2n) is 4.70. The van der Waals surface area contributed by atoms with Crippen molar-refractivity contribution in [2.75, 3.05) is 0 Å². The Bertz CT molecular complexity index is 439. The molecule has 0 spiro atoms. The van der Waals surface area contributed by atoms with E-state index in [-0.39, 0.29) is 6.04 Å². The Hall–Kier alpha value is -1.19. The maximum Gasteiger partial charge on any atom is 0.0270 e. The van der Waals surface area contributed by atoms with Crippen molar-refractivity contribution in [3.8, 4) is 0 Å². The highest BCUT2D eigenvalue weighted by atomic mass is 32.1. The fourth-order valence-corrected chi connectivity index (χ4v) is 2.88. The molecule has 0 bridgehead atoms. The molecular weight excluding hydrogens is 240 g/mol. The van der Waals surface area contributed by atoms with Gasteiger partial charge in [-0.05, 0) is 54.3 Å². The predicted octanol–water partition coefficient (Wildman–Crippen LogP) is 3.60. The van der Waals surface area contributed by atoms with Gasteiger partial charge in [-0.15, -0.1) is 11.3 Å². The van der Waals surface area contributed by atoms with Gasteiger partial charge < -0.3 is 5.73 Å². The third-order valence-corrected chi connectivity index (χ3v) is 4.35. The van der Waals surface area contributed by atoms with Crippen molar-refractivity contribution < 1.29 is 0 Å². The molecule has 2 aromatic heterocycles. The molecule has 2 heterocycles. The van der Waals surface area contributed by atoms with Gasteiger partial charge in [0.2, 0.25) is 0 Å². The second-order valence-corrected chi connectivity index (χ2v) is 5.74. The van der Waals surface area contributed by atoms with Gasteiger partial charge in [-0.25, -0.2) is 0 Å². The average Bonchev–Trinajstić information content (AvgIpc) is 2.92. The van der Waals surface area contributed by atoms with Crippen molar-refractivity contribution >= 4 is 11.3 Å². The summed E-state index contributed by atoms with van der Waals surface area (Å²) in [5, 5.41) is 2.13. The van der Waals surface area contributed by atoms with E-state index in [1.165, 1.54) is 10.4 Å². The predicted molar refractivity (Wildman–Crippen MR) is 77.9 cm³/mol. The molecule has 2 rings (SSSR count). The minimum absolute atomic E-state index is 0.229. The quantitative estimate of drug-likeness (QED) is 0.862. The molecule has 2 aromatic rings. The molecule has 2 unspecified atom stereocenters. The first-order chi connectivity index (χ1) is 8.77. The number of aryl methyl sites for hydroxylation is 1. The summed E-state index contributed by atoms with van der Waals surface area (Å²) in [5.74, 6) is 0.399. The van der Waals surface area contributed by atoms with Crippen molar-refractivity contribution in [2.24, 2.45) is 5.73 Å². The second kappa shape index (κ2) is 6.66. The van der Waals surface area contributed by atoms with Gasteiger partial charge in [0, 0.05) is 23.3 Å². The number of rotatable bonds is 6. The molecule has 0 amide bonds. The van der Waals surface area contributed by atoms with Gasteiger partial charge in [0.05, 0.1) is 0 Å². The van der Waals surface area contributed by atoms with Crippen molar-refractivity contribution in [3.63, 3.8) is 0 Å². The number of aromatic nitrogens is 1. The van der Waals surface area contributed by atoms with Gasteiger partial charge in [-0.1, -0.05) is 13.0 Å². The van der Waals surface area contributed by atoms with Crippen molar-refractivity contribution in [1.82, 2.24) is 4.98 Å². The van der Waals surface area contributed by atoms with Gasteiger partial charge >= 0.3 is 0 Å². The molecule has 0 saturated carbocycles. The molecule has 0 fully saturated rings. The normalized spacial score (nSPS) is 14.3. The Morgan fingerprint density at radius 3 is 2.72 bits per heavy atom. The van der Waals surface area contributed by atoms with Crippen LogP contribution in [0.3, 0.4) is 0 Å². The average molecular weight is 260 g/mol. The molecule has 0 aromatic carbocycles. The van der Waals surface area contributed by atoms with Crippen molar-refractivity contribution in [1.29, 1.82) is 0 Å².